The second-order valence-corrected chi connectivity index (χ2v) is 5.36. The summed E-state index contributed by atoms with van der Waals surface area (Å²) in [5, 5.41) is 12.3. The Morgan fingerprint density at radius 1 is 1.27 bits per heavy atom. The molecule has 0 saturated carbocycles. The highest BCUT2D eigenvalue weighted by Gasteiger charge is 2.16. The molecule has 112 valence electrons. The van der Waals surface area contributed by atoms with Crippen LogP contribution in [0.1, 0.15) is 12.5 Å². The van der Waals surface area contributed by atoms with Gasteiger partial charge >= 0.3 is 0 Å². The molecule has 2 rings (SSSR count). The van der Waals surface area contributed by atoms with Gasteiger partial charge in [-0.2, -0.15) is 5.26 Å². The molecule has 0 unspecified atom stereocenters. The van der Waals surface area contributed by atoms with Gasteiger partial charge in [-0.25, -0.2) is 0 Å². The average molecular weight is 335 g/mol. The Morgan fingerprint density at radius 3 is 2.73 bits per heavy atom. The monoisotopic (exact) mass is 334 g/mol. The minimum atomic E-state index is -0.760. The number of carbonyl (C=O) groups excluding carboxylic acids is 1. The van der Waals surface area contributed by atoms with E-state index in [9.17, 15) is 4.79 Å². The molecule has 1 atom stereocenters. The van der Waals surface area contributed by atoms with Crippen molar-refractivity contribution >= 4 is 34.8 Å². The Balaban J connectivity index is 2.04. The summed E-state index contributed by atoms with van der Waals surface area (Å²) in [6.07, 6.45) is -0.760. The fourth-order valence-electron chi connectivity index (χ4n) is 1.73. The summed E-state index contributed by atoms with van der Waals surface area (Å²) in [7, 11) is 0. The van der Waals surface area contributed by atoms with Crippen LogP contribution in [-0.2, 0) is 4.79 Å². The van der Waals surface area contributed by atoms with Gasteiger partial charge in [0.25, 0.3) is 5.91 Å². The minimum absolute atomic E-state index is 0.332. The molecule has 1 N–H and O–H groups in total. The van der Waals surface area contributed by atoms with Crippen LogP contribution < -0.4 is 10.1 Å². The zero-order chi connectivity index (χ0) is 16.1. The van der Waals surface area contributed by atoms with Crippen LogP contribution in [0.3, 0.4) is 0 Å². The van der Waals surface area contributed by atoms with Gasteiger partial charge in [0.1, 0.15) is 5.75 Å². The lowest BCUT2D eigenvalue weighted by Gasteiger charge is -2.15. The Labute approximate surface area is 138 Å². The number of benzene rings is 2. The lowest BCUT2D eigenvalue weighted by molar-refractivity contribution is -0.122. The number of halogens is 2. The van der Waals surface area contributed by atoms with Gasteiger partial charge in [-0.05, 0) is 43.3 Å². The van der Waals surface area contributed by atoms with Gasteiger partial charge in [0, 0.05) is 10.7 Å². The second-order valence-electron chi connectivity index (χ2n) is 4.52. The molecule has 0 heterocycles. The van der Waals surface area contributed by atoms with E-state index in [-0.39, 0.29) is 5.91 Å². The number of nitrogens with one attached hydrogen (secondary N) is 1. The molecule has 0 aliphatic rings. The molecule has 6 heteroatoms. The van der Waals surface area contributed by atoms with E-state index in [4.69, 9.17) is 33.2 Å². The molecule has 0 aromatic heterocycles. The first-order chi connectivity index (χ1) is 10.5. The predicted octanol–water partition coefficient (Wildman–Crippen LogP) is 4.27. The van der Waals surface area contributed by atoms with Crippen molar-refractivity contribution in [3.63, 3.8) is 0 Å². The summed E-state index contributed by atoms with van der Waals surface area (Å²) in [5.41, 5.74) is 0.994. The third-order valence-electron chi connectivity index (χ3n) is 2.83. The fourth-order valence-corrected chi connectivity index (χ4v) is 2.18. The second kappa shape index (κ2) is 7.17. The van der Waals surface area contributed by atoms with Gasteiger partial charge in [0.05, 0.1) is 16.7 Å². The molecule has 0 bridgehead atoms. The SMILES string of the molecule is C[C@H](Oc1ccc(Cl)cc1Cl)C(=O)Nc1cccc(C#N)c1. The van der Waals surface area contributed by atoms with Gasteiger partial charge in [-0.1, -0.05) is 29.3 Å². The number of rotatable bonds is 4. The first-order valence-electron chi connectivity index (χ1n) is 6.42. The van der Waals surface area contributed by atoms with Crippen LogP contribution in [0.25, 0.3) is 0 Å². The first-order valence-corrected chi connectivity index (χ1v) is 7.18. The highest BCUT2D eigenvalue weighted by molar-refractivity contribution is 6.35. The summed E-state index contributed by atoms with van der Waals surface area (Å²) in [6.45, 7) is 1.61. The standard InChI is InChI=1S/C16H12Cl2N2O2/c1-10(22-15-6-5-12(17)8-14(15)18)16(21)20-13-4-2-3-11(7-13)9-19/h2-8,10H,1H3,(H,20,21)/t10-/m0/s1. The molecule has 0 saturated heterocycles. The first kappa shape index (κ1) is 16.2. The van der Waals surface area contributed by atoms with Crippen LogP contribution in [0, 0.1) is 11.3 Å². The molecule has 2 aromatic carbocycles. The number of hydrogen-bond donors (Lipinski definition) is 1. The fraction of sp³-hybridized carbons (Fsp3) is 0.125. The number of nitriles is 1. The zero-order valence-electron chi connectivity index (χ0n) is 11.6. The number of carbonyl (C=O) groups is 1. The highest BCUT2D eigenvalue weighted by atomic mass is 35.5. The van der Waals surface area contributed by atoms with Crippen LogP contribution in [-0.4, -0.2) is 12.0 Å². The Kier molecular flexibility index (Phi) is 5.26. The predicted molar refractivity (Wildman–Crippen MR) is 86.3 cm³/mol. The molecule has 2 aromatic rings. The molecule has 0 fully saturated rings. The van der Waals surface area contributed by atoms with Crippen LogP contribution in [0.2, 0.25) is 10.0 Å². The van der Waals surface area contributed by atoms with E-state index in [1.165, 1.54) is 0 Å². The summed E-state index contributed by atoms with van der Waals surface area (Å²) >= 11 is 11.8. The molecular formula is C16H12Cl2N2O2. The Bertz CT molecular complexity index is 741. The topological polar surface area (TPSA) is 62.1 Å². The number of hydrogen-bond acceptors (Lipinski definition) is 3. The van der Waals surface area contributed by atoms with Crippen molar-refractivity contribution in [3.8, 4) is 11.8 Å². The smallest absolute Gasteiger partial charge is 0.265 e. The van der Waals surface area contributed by atoms with Crippen molar-refractivity contribution in [1.82, 2.24) is 0 Å². The van der Waals surface area contributed by atoms with E-state index in [0.29, 0.717) is 27.0 Å². The Morgan fingerprint density at radius 2 is 2.05 bits per heavy atom. The maximum absolute atomic E-state index is 12.1. The van der Waals surface area contributed by atoms with Crippen molar-refractivity contribution in [1.29, 1.82) is 5.26 Å². The van der Waals surface area contributed by atoms with E-state index in [0.717, 1.165) is 0 Å². The molecule has 0 aliphatic heterocycles. The normalized spacial score (nSPS) is 11.4. The van der Waals surface area contributed by atoms with Gasteiger partial charge in [0.15, 0.2) is 6.10 Å². The largest absolute Gasteiger partial charge is 0.479 e. The van der Waals surface area contributed by atoms with E-state index in [1.54, 1.807) is 49.4 Å². The van der Waals surface area contributed by atoms with Gasteiger partial charge in [-0.15, -0.1) is 0 Å². The molecule has 4 nitrogen and oxygen atoms in total. The van der Waals surface area contributed by atoms with Gasteiger partial charge in [-0.3, -0.25) is 4.79 Å². The molecule has 22 heavy (non-hydrogen) atoms. The van der Waals surface area contributed by atoms with Crippen LogP contribution in [0.15, 0.2) is 42.5 Å². The molecular weight excluding hydrogens is 323 g/mol. The molecule has 1 amide bonds. The third kappa shape index (κ3) is 4.14. The Hall–Kier alpha value is -2.22. The summed E-state index contributed by atoms with van der Waals surface area (Å²) < 4.78 is 5.52. The number of anilines is 1. The van der Waals surface area contributed by atoms with E-state index < -0.39 is 6.10 Å². The van der Waals surface area contributed by atoms with Crippen LogP contribution in [0.4, 0.5) is 5.69 Å². The minimum Gasteiger partial charge on any atom is -0.479 e. The van der Waals surface area contributed by atoms with E-state index in [2.05, 4.69) is 5.32 Å². The quantitative estimate of drug-likeness (QED) is 0.907. The van der Waals surface area contributed by atoms with Gasteiger partial charge < -0.3 is 10.1 Å². The molecule has 0 spiro atoms. The lowest BCUT2D eigenvalue weighted by Crippen LogP contribution is -2.30. The number of nitrogens with zero attached hydrogens (tertiary/aromatic N) is 1. The van der Waals surface area contributed by atoms with Crippen molar-refractivity contribution in [3.05, 3.63) is 58.1 Å². The van der Waals surface area contributed by atoms with Gasteiger partial charge in [0.2, 0.25) is 0 Å². The van der Waals surface area contributed by atoms with Crippen molar-refractivity contribution < 1.29 is 9.53 Å². The van der Waals surface area contributed by atoms with Crippen LogP contribution >= 0.6 is 23.2 Å². The maximum atomic E-state index is 12.1. The highest BCUT2D eigenvalue weighted by Crippen LogP contribution is 2.28. The van der Waals surface area contributed by atoms with E-state index in [1.807, 2.05) is 6.07 Å². The van der Waals surface area contributed by atoms with Crippen LogP contribution in [0.5, 0.6) is 5.75 Å². The molecule has 0 radical (unpaired) electrons. The van der Waals surface area contributed by atoms with E-state index >= 15 is 0 Å². The lowest BCUT2D eigenvalue weighted by atomic mass is 10.2. The third-order valence-corrected chi connectivity index (χ3v) is 3.36. The maximum Gasteiger partial charge on any atom is 0.265 e. The van der Waals surface area contributed by atoms with Crippen molar-refractivity contribution in [2.24, 2.45) is 0 Å². The zero-order valence-corrected chi connectivity index (χ0v) is 13.2. The van der Waals surface area contributed by atoms with Crippen molar-refractivity contribution in [2.45, 2.75) is 13.0 Å². The summed E-state index contributed by atoms with van der Waals surface area (Å²) in [5.74, 6) is 0.0283. The average Bonchev–Trinajstić information content (AvgIpc) is 2.50. The number of amides is 1. The summed E-state index contributed by atoms with van der Waals surface area (Å²) in [6, 6.07) is 13.4. The molecule has 0 aliphatic carbocycles. The number of ether oxygens (including phenoxy) is 1. The summed E-state index contributed by atoms with van der Waals surface area (Å²) in [4.78, 5) is 12.1. The van der Waals surface area contributed by atoms with Crippen molar-refractivity contribution in [2.75, 3.05) is 5.32 Å².